The number of hydrogen-bond donors (Lipinski definition) is 1. The van der Waals surface area contributed by atoms with Crippen LogP contribution in [0.25, 0.3) is 11.3 Å². The van der Waals surface area contributed by atoms with Crippen molar-refractivity contribution in [2.24, 2.45) is 11.0 Å². The molecule has 8 heteroatoms. The number of nitrogens with zero attached hydrogens (tertiary/aromatic N) is 2. The van der Waals surface area contributed by atoms with Crippen LogP contribution in [0.3, 0.4) is 0 Å². The van der Waals surface area contributed by atoms with E-state index >= 15 is 0 Å². The Morgan fingerprint density at radius 1 is 1.21 bits per heavy atom. The summed E-state index contributed by atoms with van der Waals surface area (Å²) in [5.41, 5.74) is 5.19. The molecule has 0 saturated carbocycles. The van der Waals surface area contributed by atoms with Gasteiger partial charge in [0.05, 0.1) is 28.6 Å². The minimum absolute atomic E-state index is 0.278. The lowest BCUT2D eigenvalue weighted by Gasteiger charge is -2.12. The van der Waals surface area contributed by atoms with Gasteiger partial charge in [0, 0.05) is 10.9 Å². The van der Waals surface area contributed by atoms with Crippen LogP contribution in [0, 0.1) is 11.7 Å². The fraction of sp³-hybridized carbons (Fsp3) is 0.200. The van der Waals surface area contributed by atoms with Crippen molar-refractivity contribution in [3.8, 4) is 17.0 Å². The van der Waals surface area contributed by atoms with E-state index in [1.807, 2.05) is 5.38 Å². The Morgan fingerprint density at radius 3 is 2.54 bits per heavy atom. The van der Waals surface area contributed by atoms with E-state index in [9.17, 15) is 4.39 Å². The van der Waals surface area contributed by atoms with Gasteiger partial charge in [-0.05, 0) is 47.9 Å². The molecule has 0 aliphatic rings. The van der Waals surface area contributed by atoms with E-state index in [-0.39, 0.29) is 5.82 Å². The van der Waals surface area contributed by atoms with E-state index < -0.39 is 0 Å². The van der Waals surface area contributed by atoms with Crippen molar-refractivity contribution < 1.29 is 9.13 Å². The van der Waals surface area contributed by atoms with Crippen molar-refractivity contribution in [1.82, 2.24) is 4.98 Å². The molecule has 0 saturated heterocycles. The molecule has 0 bridgehead atoms. The lowest BCUT2D eigenvalue weighted by molar-refractivity contribution is 0.271. The number of thiazole rings is 1. The van der Waals surface area contributed by atoms with Crippen LogP contribution in [-0.2, 0) is 0 Å². The number of hydrogen-bond acceptors (Lipinski definition) is 5. The molecule has 146 valence electrons. The van der Waals surface area contributed by atoms with Gasteiger partial charge in [0.25, 0.3) is 0 Å². The van der Waals surface area contributed by atoms with Crippen molar-refractivity contribution in [3.63, 3.8) is 0 Å². The molecule has 1 aromatic heterocycles. The molecule has 0 aliphatic carbocycles. The second-order valence-electron chi connectivity index (χ2n) is 6.43. The van der Waals surface area contributed by atoms with Crippen molar-refractivity contribution in [3.05, 3.63) is 63.2 Å². The van der Waals surface area contributed by atoms with Gasteiger partial charge >= 0.3 is 0 Å². The third-order valence-corrected chi connectivity index (χ3v) is 4.91. The lowest BCUT2D eigenvalue weighted by Crippen LogP contribution is -2.05. The van der Waals surface area contributed by atoms with Crippen LogP contribution in [0.5, 0.6) is 5.75 Å². The zero-order valence-corrected chi connectivity index (χ0v) is 17.6. The Morgan fingerprint density at radius 2 is 1.89 bits per heavy atom. The summed E-state index contributed by atoms with van der Waals surface area (Å²) in [6.45, 7) is 4.64. The first-order chi connectivity index (χ1) is 13.4. The number of nitrogens with one attached hydrogen (secondary N) is 1. The fourth-order valence-corrected chi connectivity index (χ4v) is 3.56. The predicted molar refractivity (Wildman–Crippen MR) is 116 cm³/mol. The number of anilines is 1. The number of halogens is 3. The summed E-state index contributed by atoms with van der Waals surface area (Å²) in [5, 5.41) is 7.53. The first-order valence-corrected chi connectivity index (χ1v) is 10.2. The zero-order valence-electron chi connectivity index (χ0n) is 15.2. The summed E-state index contributed by atoms with van der Waals surface area (Å²) in [7, 11) is 0. The van der Waals surface area contributed by atoms with Gasteiger partial charge in [-0.2, -0.15) is 5.10 Å². The molecule has 2 aromatic carbocycles. The highest BCUT2D eigenvalue weighted by atomic mass is 35.5. The van der Waals surface area contributed by atoms with E-state index in [0.29, 0.717) is 33.5 Å². The Bertz CT molecular complexity index is 951. The smallest absolute Gasteiger partial charge is 0.203 e. The van der Waals surface area contributed by atoms with Crippen LogP contribution in [0.4, 0.5) is 9.52 Å². The average molecular weight is 438 g/mol. The molecule has 0 atom stereocenters. The highest BCUT2D eigenvalue weighted by Gasteiger charge is 2.10. The van der Waals surface area contributed by atoms with Crippen molar-refractivity contribution in [2.75, 3.05) is 12.0 Å². The topological polar surface area (TPSA) is 46.5 Å². The fourth-order valence-electron chi connectivity index (χ4n) is 2.28. The number of ether oxygens (including phenoxy) is 1. The van der Waals surface area contributed by atoms with Gasteiger partial charge in [0.1, 0.15) is 5.82 Å². The second-order valence-corrected chi connectivity index (χ2v) is 8.11. The summed E-state index contributed by atoms with van der Waals surface area (Å²) in [6.07, 6.45) is 1.60. The quantitative estimate of drug-likeness (QED) is 0.328. The molecule has 0 aliphatic heterocycles. The van der Waals surface area contributed by atoms with Crippen LogP contribution < -0.4 is 10.2 Å². The molecule has 0 unspecified atom stereocenters. The minimum atomic E-state index is -0.278. The van der Waals surface area contributed by atoms with Crippen molar-refractivity contribution in [2.45, 2.75) is 13.8 Å². The van der Waals surface area contributed by atoms with Gasteiger partial charge in [0.2, 0.25) is 5.13 Å². The average Bonchev–Trinajstić information content (AvgIpc) is 3.10. The molecule has 3 aromatic rings. The van der Waals surface area contributed by atoms with Gasteiger partial charge in [-0.3, -0.25) is 5.43 Å². The summed E-state index contributed by atoms with van der Waals surface area (Å²) < 4.78 is 18.7. The van der Waals surface area contributed by atoms with E-state index in [2.05, 4.69) is 29.4 Å². The number of rotatable bonds is 7. The van der Waals surface area contributed by atoms with Crippen molar-refractivity contribution >= 4 is 45.9 Å². The maximum absolute atomic E-state index is 13.0. The predicted octanol–water partition coefficient (Wildman–Crippen LogP) is 6.74. The first-order valence-electron chi connectivity index (χ1n) is 8.54. The Hall–Kier alpha value is -2.15. The second kappa shape index (κ2) is 9.37. The SMILES string of the molecule is CC(C)COc1c(Cl)cc(/C=N\Nc2nc(-c3ccc(F)cc3)cs2)cc1Cl. The third kappa shape index (κ3) is 5.44. The zero-order chi connectivity index (χ0) is 20.1. The molecule has 28 heavy (non-hydrogen) atoms. The molecule has 1 N–H and O–H groups in total. The molecular formula is C20H18Cl2FN3OS. The van der Waals surface area contributed by atoms with Crippen LogP contribution in [-0.4, -0.2) is 17.8 Å². The van der Waals surface area contributed by atoms with Crippen LogP contribution in [0.2, 0.25) is 10.0 Å². The third-order valence-electron chi connectivity index (χ3n) is 3.60. The van der Waals surface area contributed by atoms with E-state index in [1.165, 1.54) is 23.5 Å². The van der Waals surface area contributed by atoms with Crippen molar-refractivity contribution in [1.29, 1.82) is 0 Å². The summed E-state index contributed by atoms with van der Waals surface area (Å²) in [6, 6.07) is 9.65. The van der Waals surface area contributed by atoms with Crippen LogP contribution in [0.1, 0.15) is 19.4 Å². The first kappa shape index (κ1) is 20.6. The molecule has 0 radical (unpaired) electrons. The maximum atomic E-state index is 13.0. The van der Waals surface area contributed by atoms with Gasteiger partial charge in [-0.25, -0.2) is 9.37 Å². The van der Waals surface area contributed by atoms with E-state index in [4.69, 9.17) is 27.9 Å². The van der Waals surface area contributed by atoms with Crippen LogP contribution in [0.15, 0.2) is 46.9 Å². The number of benzene rings is 2. The Balaban J connectivity index is 1.65. The maximum Gasteiger partial charge on any atom is 0.203 e. The summed E-state index contributed by atoms with van der Waals surface area (Å²) in [5.74, 6) is 0.571. The largest absolute Gasteiger partial charge is 0.490 e. The molecule has 0 spiro atoms. The monoisotopic (exact) mass is 437 g/mol. The standard InChI is InChI=1S/C20H18Cl2FN3OS/c1-12(2)10-27-19-16(21)7-13(8-17(19)22)9-24-26-20-25-18(11-28-20)14-3-5-15(23)6-4-14/h3-9,11-12H,10H2,1-2H3,(H,25,26)/b24-9-. The van der Waals surface area contributed by atoms with Gasteiger partial charge in [-0.1, -0.05) is 37.0 Å². The van der Waals surface area contributed by atoms with Gasteiger partial charge in [-0.15, -0.1) is 11.3 Å². The summed E-state index contributed by atoms with van der Waals surface area (Å²) in [4.78, 5) is 4.43. The normalized spacial score (nSPS) is 11.4. The van der Waals surface area contributed by atoms with Crippen LogP contribution >= 0.6 is 34.5 Å². The molecular weight excluding hydrogens is 420 g/mol. The summed E-state index contributed by atoms with van der Waals surface area (Å²) >= 11 is 13.9. The Labute approximate surface area is 177 Å². The molecule has 4 nitrogen and oxygen atoms in total. The Kier molecular flexibility index (Phi) is 6.88. The van der Waals surface area contributed by atoms with Gasteiger partial charge < -0.3 is 4.74 Å². The van der Waals surface area contributed by atoms with E-state index in [0.717, 1.165) is 16.8 Å². The molecule has 0 amide bonds. The minimum Gasteiger partial charge on any atom is -0.490 e. The number of aromatic nitrogens is 1. The molecule has 0 fully saturated rings. The lowest BCUT2D eigenvalue weighted by atomic mass is 10.2. The highest BCUT2D eigenvalue weighted by molar-refractivity contribution is 7.14. The molecule has 3 rings (SSSR count). The molecule has 1 heterocycles. The van der Waals surface area contributed by atoms with Gasteiger partial charge in [0.15, 0.2) is 5.75 Å². The number of hydrazone groups is 1. The highest BCUT2D eigenvalue weighted by Crippen LogP contribution is 2.34. The van der Waals surface area contributed by atoms with E-state index in [1.54, 1.807) is 30.5 Å².